The third-order valence-electron chi connectivity index (χ3n) is 0.816. The van der Waals surface area contributed by atoms with E-state index in [0.717, 1.165) is 26.4 Å². The zero-order chi connectivity index (χ0) is 11.8. The fourth-order valence-corrected chi connectivity index (χ4v) is 0.408. The minimum Gasteiger partial charge on any atom is -0.398 e. The zero-order valence-electron chi connectivity index (χ0n) is 9.49. The van der Waals surface area contributed by atoms with Crippen LogP contribution in [0.2, 0.25) is 0 Å². The molecule has 0 atom stereocenters. The van der Waals surface area contributed by atoms with Crippen LogP contribution in [0.5, 0.6) is 0 Å². The van der Waals surface area contributed by atoms with Gasteiger partial charge in [0.25, 0.3) is 0 Å². The highest BCUT2D eigenvalue weighted by Gasteiger charge is 1.97. The number of halogens is 1. The van der Waals surface area contributed by atoms with E-state index in [9.17, 15) is 4.32 Å². The summed E-state index contributed by atoms with van der Waals surface area (Å²) >= 11 is 0. The first-order valence-electron chi connectivity index (χ1n) is 4.72. The molecule has 0 bridgehead atoms. The highest BCUT2D eigenvalue weighted by molar-refractivity contribution is 6.31. The van der Waals surface area contributed by atoms with Crippen molar-refractivity contribution in [2.24, 2.45) is 0 Å². The molecule has 0 aromatic rings. The van der Waals surface area contributed by atoms with E-state index >= 15 is 0 Å². The van der Waals surface area contributed by atoms with Crippen LogP contribution in [0.1, 0.15) is 27.7 Å². The lowest BCUT2D eigenvalue weighted by atomic mass is 10.3. The van der Waals surface area contributed by atoms with Crippen molar-refractivity contribution in [3.05, 3.63) is 0 Å². The van der Waals surface area contributed by atoms with Crippen LogP contribution < -0.4 is 0 Å². The Kier molecular flexibility index (Phi) is 31.9. The number of rotatable bonds is 4. The molecule has 0 fully saturated rings. The molecule has 2 N–H and O–H groups in total. The summed E-state index contributed by atoms with van der Waals surface area (Å²) in [5, 5.41) is 13.9. The second kappa shape index (κ2) is 23.0. The predicted molar refractivity (Wildman–Crippen MR) is 55.6 cm³/mol. The Morgan fingerprint density at radius 2 is 1.00 bits per heavy atom. The third-order valence-corrected chi connectivity index (χ3v) is 0.816. The van der Waals surface area contributed by atoms with E-state index in [-0.39, 0.29) is 0 Å². The van der Waals surface area contributed by atoms with Gasteiger partial charge in [0.05, 0.1) is 0 Å². The molecule has 0 aliphatic rings. The summed E-state index contributed by atoms with van der Waals surface area (Å²) in [6.07, 6.45) is 0. The first kappa shape index (κ1) is 19.4. The molecular formula is C8H22BFO4. The fraction of sp³-hybridized carbons (Fsp3) is 1.00. The highest BCUT2D eigenvalue weighted by Crippen LogP contribution is 1.65. The van der Waals surface area contributed by atoms with E-state index in [1.807, 2.05) is 27.7 Å². The maximum absolute atomic E-state index is 10.1. The fourth-order valence-electron chi connectivity index (χ4n) is 0.408. The van der Waals surface area contributed by atoms with Crippen molar-refractivity contribution >= 4 is 7.40 Å². The largest absolute Gasteiger partial charge is 0.674 e. The molecule has 0 saturated heterocycles. The molecule has 0 spiro atoms. The summed E-state index contributed by atoms with van der Waals surface area (Å²) in [5.74, 6) is 0. The Morgan fingerprint density at radius 1 is 0.857 bits per heavy atom. The molecule has 0 aliphatic heterocycles. The Hall–Kier alpha value is -0.165. The van der Waals surface area contributed by atoms with E-state index < -0.39 is 7.40 Å². The highest BCUT2D eigenvalue weighted by atomic mass is 19.1. The molecule has 4 nitrogen and oxygen atoms in total. The number of ether oxygens (including phenoxy) is 2. The van der Waals surface area contributed by atoms with E-state index in [2.05, 4.69) is 0 Å². The van der Waals surface area contributed by atoms with Gasteiger partial charge >= 0.3 is 7.40 Å². The molecular weight excluding hydrogens is 190 g/mol. The van der Waals surface area contributed by atoms with Gasteiger partial charge in [-0.3, -0.25) is 4.32 Å². The number of hydrogen-bond acceptors (Lipinski definition) is 4. The van der Waals surface area contributed by atoms with Crippen molar-refractivity contribution < 1.29 is 23.8 Å². The van der Waals surface area contributed by atoms with Gasteiger partial charge < -0.3 is 19.5 Å². The van der Waals surface area contributed by atoms with Crippen LogP contribution in [0, 0.1) is 0 Å². The van der Waals surface area contributed by atoms with E-state index in [1.54, 1.807) is 0 Å². The summed E-state index contributed by atoms with van der Waals surface area (Å²) in [7, 11) is -2.67. The van der Waals surface area contributed by atoms with Crippen molar-refractivity contribution in [3.63, 3.8) is 0 Å². The lowest BCUT2D eigenvalue weighted by Crippen LogP contribution is -1.98. The van der Waals surface area contributed by atoms with Crippen molar-refractivity contribution in [1.29, 1.82) is 0 Å². The smallest absolute Gasteiger partial charge is 0.398 e. The number of hydrogen-bond donors (Lipinski definition) is 2. The summed E-state index contributed by atoms with van der Waals surface area (Å²) in [4.78, 5) is 0. The lowest BCUT2D eigenvalue weighted by Gasteiger charge is -1.86. The molecule has 0 radical (unpaired) electrons. The third kappa shape index (κ3) is 94.5. The molecule has 0 aromatic heterocycles. The average molecular weight is 212 g/mol. The Morgan fingerprint density at radius 3 is 1.00 bits per heavy atom. The van der Waals surface area contributed by atoms with Crippen molar-refractivity contribution in [1.82, 2.24) is 0 Å². The van der Waals surface area contributed by atoms with Gasteiger partial charge in [0.2, 0.25) is 0 Å². The topological polar surface area (TPSA) is 58.9 Å². The second-order valence-corrected chi connectivity index (χ2v) is 1.87. The molecule has 6 heteroatoms. The Bertz CT molecular complexity index is 63.6. The van der Waals surface area contributed by atoms with Gasteiger partial charge in [-0.1, -0.05) is 0 Å². The standard InChI is InChI=1S/2C4H10O.BFH2O2/c2*1-3-5-4-2;2-1(3)4/h2*3-4H2,1-2H3;3-4H. The first-order chi connectivity index (χ1) is 6.56. The summed E-state index contributed by atoms with van der Waals surface area (Å²) in [6, 6.07) is 0. The van der Waals surface area contributed by atoms with E-state index in [0.29, 0.717) is 0 Å². The van der Waals surface area contributed by atoms with Gasteiger partial charge in [-0.2, -0.15) is 0 Å². The van der Waals surface area contributed by atoms with Crippen LogP contribution in [0.15, 0.2) is 0 Å². The van der Waals surface area contributed by atoms with Gasteiger partial charge in [0.1, 0.15) is 0 Å². The minimum atomic E-state index is -2.67. The summed E-state index contributed by atoms with van der Waals surface area (Å²) in [5.41, 5.74) is 0. The molecule has 0 amide bonds. The van der Waals surface area contributed by atoms with Crippen LogP contribution in [0.4, 0.5) is 4.32 Å². The van der Waals surface area contributed by atoms with E-state index in [1.165, 1.54) is 0 Å². The van der Waals surface area contributed by atoms with Crippen LogP contribution >= 0.6 is 0 Å². The van der Waals surface area contributed by atoms with Gasteiger partial charge in [-0.25, -0.2) is 0 Å². The molecule has 0 unspecified atom stereocenters. The van der Waals surface area contributed by atoms with Gasteiger partial charge in [0.15, 0.2) is 0 Å². The first-order valence-corrected chi connectivity index (χ1v) is 4.72. The van der Waals surface area contributed by atoms with Crippen molar-refractivity contribution in [2.45, 2.75) is 27.7 Å². The maximum Gasteiger partial charge on any atom is 0.674 e. The minimum absolute atomic E-state index is 0.844. The molecule has 14 heavy (non-hydrogen) atoms. The van der Waals surface area contributed by atoms with Gasteiger partial charge in [-0.15, -0.1) is 0 Å². The SMILES string of the molecule is CCOCC.CCOCC.OB(O)F. The van der Waals surface area contributed by atoms with Crippen LogP contribution in [-0.4, -0.2) is 43.9 Å². The van der Waals surface area contributed by atoms with Gasteiger partial charge in [-0.05, 0) is 27.7 Å². The molecule has 0 saturated carbocycles. The monoisotopic (exact) mass is 212 g/mol. The summed E-state index contributed by atoms with van der Waals surface area (Å²) in [6.45, 7) is 11.3. The average Bonchev–Trinajstić information content (AvgIpc) is 2.07. The maximum atomic E-state index is 10.1. The van der Waals surface area contributed by atoms with E-state index in [4.69, 9.17) is 19.5 Å². The normalized spacial score (nSPS) is 7.93. The van der Waals surface area contributed by atoms with Crippen molar-refractivity contribution in [3.8, 4) is 0 Å². The molecule has 0 aromatic carbocycles. The quantitative estimate of drug-likeness (QED) is 0.682. The van der Waals surface area contributed by atoms with Crippen molar-refractivity contribution in [2.75, 3.05) is 26.4 Å². The summed E-state index contributed by atoms with van der Waals surface area (Å²) < 4.78 is 19.8. The predicted octanol–water partition coefficient (Wildman–Crippen LogP) is 1.01. The molecule has 0 aliphatic carbocycles. The zero-order valence-corrected chi connectivity index (χ0v) is 9.49. The molecule has 0 rings (SSSR count). The van der Waals surface area contributed by atoms with Gasteiger partial charge in [0, 0.05) is 26.4 Å². The Labute approximate surface area is 86.2 Å². The van der Waals surface area contributed by atoms with Crippen LogP contribution in [0.25, 0.3) is 0 Å². The van der Waals surface area contributed by atoms with Crippen LogP contribution in [-0.2, 0) is 9.47 Å². The molecule has 0 heterocycles. The molecule has 88 valence electrons. The van der Waals surface area contributed by atoms with Crippen LogP contribution in [0.3, 0.4) is 0 Å². The lowest BCUT2D eigenvalue weighted by molar-refractivity contribution is 0.162. The second-order valence-electron chi connectivity index (χ2n) is 1.87. The Balaban J connectivity index is -0.000000131.